The number of anilines is 3. The van der Waals surface area contributed by atoms with Crippen LogP contribution in [0.2, 0.25) is 0 Å². The summed E-state index contributed by atoms with van der Waals surface area (Å²) < 4.78 is 12.6. The van der Waals surface area contributed by atoms with Crippen molar-refractivity contribution in [3.8, 4) is 33.4 Å². The zero-order valence-corrected chi connectivity index (χ0v) is 29.8. The number of para-hydroxylation sites is 3. The molecule has 0 aliphatic carbocycles. The molecule has 2 aromatic heterocycles. The molecule has 3 heteroatoms. The summed E-state index contributed by atoms with van der Waals surface area (Å²) in [5, 5.41) is 6.91. The summed E-state index contributed by atoms with van der Waals surface area (Å²) in [6.07, 6.45) is 0. The fourth-order valence-corrected chi connectivity index (χ4v) is 8.32. The van der Waals surface area contributed by atoms with Gasteiger partial charge in [0, 0.05) is 38.5 Å². The van der Waals surface area contributed by atoms with Crippen molar-refractivity contribution in [1.82, 2.24) is 0 Å². The molecule has 0 radical (unpaired) electrons. The van der Waals surface area contributed by atoms with Gasteiger partial charge in [-0.1, -0.05) is 140 Å². The highest BCUT2D eigenvalue weighted by Gasteiger charge is 2.21. The van der Waals surface area contributed by atoms with E-state index in [9.17, 15) is 0 Å². The van der Waals surface area contributed by atoms with Crippen LogP contribution in [0.5, 0.6) is 0 Å². The second-order valence-electron chi connectivity index (χ2n) is 14.1. The van der Waals surface area contributed by atoms with Crippen LogP contribution < -0.4 is 4.90 Å². The Kier molecular flexibility index (Phi) is 7.17. The van der Waals surface area contributed by atoms with Gasteiger partial charge in [0.15, 0.2) is 0 Å². The van der Waals surface area contributed by atoms with Gasteiger partial charge in [0.2, 0.25) is 0 Å². The maximum atomic E-state index is 6.35. The normalized spacial score (nSPS) is 11.6. The first-order valence-corrected chi connectivity index (χ1v) is 18.7. The van der Waals surface area contributed by atoms with Gasteiger partial charge >= 0.3 is 0 Å². The number of hydrogen-bond donors (Lipinski definition) is 0. The zero-order chi connectivity index (χ0) is 36.3. The molecule has 0 N–H and O–H groups in total. The van der Waals surface area contributed by atoms with Gasteiger partial charge in [0.05, 0.1) is 5.69 Å². The highest BCUT2D eigenvalue weighted by Crippen LogP contribution is 2.46. The summed E-state index contributed by atoms with van der Waals surface area (Å²) in [5.41, 5.74) is 13.7. The van der Waals surface area contributed by atoms with Crippen molar-refractivity contribution in [1.29, 1.82) is 0 Å². The van der Waals surface area contributed by atoms with Crippen molar-refractivity contribution in [3.05, 3.63) is 200 Å². The van der Waals surface area contributed by atoms with Crippen molar-refractivity contribution in [2.24, 2.45) is 0 Å². The Balaban J connectivity index is 1.08. The number of nitrogens with zero attached hydrogens (tertiary/aromatic N) is 1. The van der Waals surface area contributed by atoms with Crippen molar-refractivity contribution in [3.63, 3.8) is 0 Å². The lowest BCUT2D eigenvalue weighted by atomic mass is 9.95. The average molecular weight is 704 g/mol. The molecule has 9 aromatic carbocycles. The summed E-state index contributed by atoms with van der Waals surface area (Å²) in [4.78, 5) is 2.37. The van der Waals surface area contributed by atoms with Crippen LogP contribution in [0.3, 0.4) is 0 Å². The number of hydrogen-bond acceptors (Lipinski definition) is 3. The lowest BCUT2D eigenvalue weighted by Gasteiger charge is -2.28. The maximum Gasteiger partial charge on any atom is 0.136 e. The SMILES string of the molecule is c1cc(-c2ccc(N(c3ccc4oc5ccccc5c4c3)c3ccccc3-c3cccc4oc5ccccc5c34)cc2)cc(-c2cccc3ccccc23)c1. The first-order valence-electron chi connectivity index (χ1n) is 18.7. The van der Waals surface area contributed by atoms with E-state index in [4.69, 9.17) is 8.83 Å². The quantitative estimate of drug-likeness (QED) is 0.173. The molecule has 0 aliphatic rings. The molecule has 0 saturated heterocycles. The molecule has 55 heavy (non-hydrogen) atoms. The molecule has 0 saturated carbocycles. The summed E-state index contributed by atoms with van der Waals surface area (Å²) in [5.74, 6) is 0. The standard InChI is InChI=1S/C52H33NO2/c1-2-16-40-35(12-1)13-10-20-41(40)37-15-9-14-36(32-37)34-26-28-38(29-27-34)53(39-30-31-50-46(33-39)43-18-4-7-23-48(43)54-50)47-22-6-3-17-42(47)44-21-11-25-51-52(44)45-19-5-8-24-49(45)55-51/h1-33H. The molecular formula is C52H33NO2. The fraction of sp³-hybridized carbons (Fsp3) is 0. The van der Waals surface area contributed by atoms with Crippen LogP contribution in [0.25, 0.3) is 88.0 Å². The minimum Gasteiger partial charge on any atom is -0.456 e. The van der Waals surface area contributed by atoms with Gasteiger partial charge in [0.25, 0.3) is 0 Å². The molecule has 3 nitrogen and oxygen atoms in total. The Labute approximate surface area is 317 Å². The van der Waals surface area contributed by atoms with E-state index in [0.717, 1.165) is 77.6 Å². The van der Waals surface area contributed by atoms with Crippen molar-refractivity contribution in [2.75, 3.05) is 4.90 Å². The van der Waals surface area contributed by atoms with Crippen LogP contribution in [-0.2, 0) is 0 Å². The van der Waals surface area contributed by atoms with E-state index in [1.54, 1.807) is 0 Å². The molecule has 258 valence electrons. The van der Waals surface area contributed by atoms with Gasteiger partial charge in [0.1, 0.15) is 22.3 Å². The molecule has 0 unspecified atom stereocenters. The summed E-state index contributed by atoms with van der Waals surface area (Å²) in [7, 11) is 0. The topological polar surface area (TPSA) is 29.5 Å². The number of fused-ring (bicyclic) bond motifs is 7. The highest BCUT2D eigenvalue weighted by molar-refractivity contribution is 6.14. The minimum absolute atomic E-state index is 0.870. The fourth-order valence-electron chi connectivity index (χ4n) is 8.32. The van der Waals surface area contributed by atoms with Crippen LogP contribution in [-0.4, -0.2) is 0 Å². The third kappa shape index (κ3) is 5.20. The first kappa shape index (κ1) is 31.2. The molecule has 11 rings (SSSR count). The number of benzene rings is 9. The van der Waals surface area contributed by atoms with Crippen LogP contribution >= 0.6 is 0 Å². The molecule has 0 fully saturated rings. The van der Waals surface area contributed by atoms with Gasteiger partial charge in [-0.05, 0) is 99.3 Å². The molecule has 0 aliphatic heterocycles. The van der Waals surface area contributed by atoms with Gasteiger partial charge < -0.3 is 13.7 Å². The smallest absolute Gasteiger partial charge is 0.136 e. The first-order chi connectivity index (χ1) is 27.3. The third-order valence-electron chi connectivity index (χ3n) is 10.9. The van der Waals surface area contributed by atoms with Gasteiger partial charge in [-0.15, -0.1) is 0 Å². The molecule has 0 spiro atoms. The maximum absolute atomic E-state index is 6.35. The minimum atomic E-state index is 0.870. The van der Waals surface area contributed by atoms with E-state index in [2.05, 4.69) is 181 Å². The molecular weight excluding hydrogens is 671 g/mol. The summed E-state index contributed by atoms with van der Waals surface area (Å²) in [6.45, 7) is 0. The van der Waals surface area contributed by atoms with Crippen molar-refractivity contribution in [2.45, 2.75) is 0 Å². The predicted molar refractivity (Wildman–Crippen MR) is 229 cm³/mol. The second-order valence-corrected chi connectivity index (χ2v) is 14.1. The molecule has 0 amide bonds. The lowest BCUT2D eigenvalue weighted by Crippen LogP contribution is -2.11. The second kappa shape index (κ2) is 12.6. The van der Waals surface area contributed by atoms with Crippen molar-refractivity contribution < 1.29 is 8.83 Å². The van der Waals surface area contributed by atoms with E-state index < -0.39 is 0 Å². The van der Waals surface area contributed by atoms with Crippen LogP contribution in [0.4, 0.5) is 17.1 Å². The van der Waals surface area contributed by atoms with Gasteiger partial charge in [-0.2, -0.15) is 0 Å². The Morgan fingerprint density at radius 1 is 0.309 bits per heavy atom. The molecule has 2 heterocycles. The van der Waals surface area contributed by atoms with Gasteiger partial charge in [-0.25, -0.2) is 0 Å². The molecule has 0 bridgehead atoms. The van der Waals surface area contributed by atoms with Crippen molar-refractivity contribution >= 4 is 71.7 Å². The van der Waals surface area contributed by atoms with E-state index >= 15 is 0 Å². The molecule has 0 atom stereocenters. The van der Waals surface area contributed by atoms with E-state index in [-0.39, 0.29) is 0 Å². The zero-order valence-electron chi connectivity index (χ0n) is 29.8. The number of furan rings is 2. The Hall–Kier alpha value is -7.36. The average Bonchev–Trinajstić information content (AvgIpc) is 3.82. The predicted octanol–water partition coefficient (Wildman–Crippen LogP) is 15.1. The lowest BCUT2D eigenvalue weighted by molar-refractivity contribution is 0.668. The Morgan fingerprint density at radius 2 is 0.891 bits per heavy atom. The van der Waals surface area contributed by atoms with E-state index in [0.29, 0.717) is 0 Å². The third-order valence-corrected chi connectivity index (χ3v) is 10.9. The Bertz CT molecular complexity index is 3220. The summed E-state index contributed by atoms with van der Waals surface area (Å²) in [6, 6.07) is 71.1. The highest BCUT2D eigenvalue weighted by atomic mass is 16.3. The van der Waals surface area contributed by atoms with Crippen LogP contribution in [0, 0.1) is 0 Å². The van der Waals surface area contributed by atoms with Gasteiger partial charge in [-0.3, -0.25) is 0 Å². The van der Waals surface area contributed by atoms with E-state index in [1.165, 1.54) is 27.5 Å². The number of rotatable bonds is 6. The Morgan fingerprint density at radius 3 is 1.78 bits per heavy atom. The van der Waals surface area contributed by atoms with Crippen LogP contribution in [0.15, 0.2) is 209 Å². The van der Waals surface area contributed by atoms with E-state index in [1.807, 2.05) is 24.3 Å². The summed E-state index contributed by atoms with van der Waals surface area (Å²) >= 11 is 0. The largest absolute Gasteiger partial charge is 0.456 e. The monoisotopic (exact) mass is 703 g/mol. The van der Waals surface area contributed by atoms with Crippen LogP contribution in [0.1, 0.15) is 0 Å². The molecule has 11 aromatic rings.